The first kappa shape index (κ1) is 20.9. The Morgan fingerprint density at radius 2 is 1.39 bits per heavy atom. The molecule has 2 heterocycles. The molecule has 0 spiro atoms. The standard InChI is InChI=1S/C23H17Cl2N3O3/c1-13-11-15(14(2)27(13)18-7-3-16(24)4-8-18)12-20-21(29)26-23(31)28(22(20)30)19-9-5-17(25)6-10-19/h3-12H,1-2H3,(H,26,29,31). The summed E-state index contributed by atoms with van der Waals surface area (Å²) in [6.45, 7) is 3.82. The number of aryl methyl sites for hydroxylation is 1. The molecule has 3 aromatic rings. The van der Waals surface area contributed by atoms with Crippen LogP contribution in [0.3, 0.4) is 0 Å². The van der Waals surface area contributed by atoms with Crippen LogP contribution in [0.4, 0.5) is 10.5 Å². The van der Waals surface area contributed by atoms with Crippen molar-refractivity contribution >= 4 is 52.8 Å². The summed E-state index contributed by atoms with van der Waals surface area (Å²) in [7, 11) is 0. The highest BCUT2D eigenvalue weighted by molar-refractivity contribution is 6.39. The lowest BCUT2D eigenvalue weighted by atomic mass is 10.1. The van der Waals surface area contributed by atoms with E-state index in [1.165, 1.54) is 6.08 Å². The summed E-state index contributed by atoms with van der Waals surface area (Å²) in [5.41, 5.74) is 3.53. The average Bonchev–Trinajstić information content (AvgIpc) is 3.00. The number of aromatic nitrogens is 1. The molecule has 1 fully saturated rings. The second kappa shape index (κ2) is 8.06. The van der Waals surface area contributed by atoms with E-state index in [0.717, 1.165) is 22.0 Å². The number of barbiturate groups is 1. The van der Waals surface area contributed by atoms with Gasteiger partial charge in [0.05, 0.1) is 5.69 Å². The largest absolute Gasteiger partial charge is 0.335 e. The predicted molar refractivity (Wildman–Crippen MR) is 121 cm³/mol. The zero-order valence-electron chi connectivity index (χ0n) is 16.6. The fourth-order valence-corrected chi connectivity index (χ4v) is 3.81. The second-order valence-electron chi connectivity index (χ2n) is 7.07. The summed E-state index contributed by atoms with van der Waals surface area (Å²) in [5.74, 6) is -1.44. The van der Waals surface area contributed by atoms with Crippen molar-refractivity contribution < 1.29 is 14.4 Å². The quantitative estimate of drug-likeness (QED) is 0.444. The number of imide groups is 2. The highest BCUT2D eigenvalue weighted by Gasteiger charge is 2.37. The van der Waals surface area contributed by atoms with Crippen molar-refractivity contribution in [3.63, 3.8) is 0 Å². The molecule has 4 amide bonds. The summed E-state index contributed by atoms with van der Waals surface area (Å²) in [4.78, 5) is 38.8. The van der Waals surface area contributed by atoms with E-state index in [0.29, 0.717) is 21.3 Å². The number of hydrogen-bond donors (Lipinski definition) is 1. The van der Waals surface area contributed by atoms with Gasteiger partial charge in [0.25, 0.3) is 11.8 Å². The third-order valence-electron chi connectivity index (χ3n) is 5.04. The van der Waals surface area contributed by atoms with Crippen LogP contribution in [0, 0.1) is 13.8 Å². The Balaban J connectivity index is 1.75. The van der Waals surface area contributed by atoms with Crippen LogP contribution < -0.4 is 10.2 Å². The van der Waals surface area contributed by atoms with Gasteiger partial charge in [-0.15, -0.1) is 0 Å². The van der Waals surface area contributed by atoms with Gasteiger partial charge in [0, 0.05) is 27.1 Å². The minimum absolute atomic E-state index is 0.133. The minimum Gasteiger partial charge on any atom is -0.318 e. The number of halogens is 2. The molecule has 1 N–H and O–H groups in total. The van der Waals surface area contributed by atoms with Crippen molar-refractivity contribution in [2.45, 2.75) is 13.8 Å². The van der Waals surface area contributed by atoms with Gasteiger partial charge >= 0.3 is 6.03 Å². The molecule has 1 aliphatic rings. The monoisotopic (exact) mass is 453 g/mol. The molecule has 0 saturated carbocycles. The Hall–Kier alpha value is -3.35. The van der Waals surface area contributed by atoms with Gasteiger partial charge in [-0.25, -0.2) is 9.69 Å². The Bertz CT molecular complexity index is 1240. The molecule has 8 heteroatoms. The van der Waals surface area contributed by atoms with Gasteiger partial charge in [0.1, 0.15) is 5.57 Å². The molecule has 1 aromatic heterocycles. The van der Waals surface area contributed by atoms with Gasteiger partial charge in [-0.3, -0.25) is 14.9 Å². The third-order valence-corrected chi connectivity index (χ3v) is 5.55. The Morgan fingerprint density at radius 3 is 1.97 bits per heavy atom. The Morgan fingerprint density at radius 1 is 0.839 bits per heavy atom. The van der Waals surface area contributed by atoms with E-state index in [2.05, 4.69) is 5.32 Å². The van der Waals surface area contributed by atoms with E-state index in [1.54, 1.807) is 36.4 Å². The molecule has 0 radical (unpaired) electrons. The first-order valence-electron chi connectivity index (χ1n) is 9.38. The first-order valence-corrected chi connectivity index (χ1v) is 10.1. The van der Waals surface area contributed by atoms with Crippen LogP contribution in [0.5, 0.6) is 0 Å². The van der Waals surface area contributed by atoms with Crippen LogP contribution in [0.1, 0.15) is 17.0 Å². The zero-order valence-corrected chi connectivity index (χ0v) is 18.2. The van der Waals surface area contributed by atoms with Crippen LogP contribution in [0.15, 0.2) is 60.2 Å². The Kier molecular flexibility index (Phi) is 5.43. The van der Waals surface area contributed by atoms with E-state index in [-0.39, 0.29) is 5.57 Å². The summed E-state index contributed by atoms with van der Waals surface area (Å²) >= 11 is 11.9. The number of amides is 4. The van der Waals surface area contributed by atoms with E-state index in [9.17, 15) is 14.4 Å². The second-order valence-corrected chi connectivity index (χ2v) is 7.95. The normalized spacial score (nSPS) is 15.5. The van der Waals surface area contributed by atoms with Crippen LogP contribution in [0.2, 0.25) is 10.0 Å². The van der Waals surface area contributed by atoms with Gasteiger partial charge < -0.3 is 4.57 Å². The number of benzene rings is 2. The summed E-state index contributed by atoms with van der Waals surface area (Å²) in [6.07, 6.45) is 1.50. The number of nitrogens with one attached hydrogen (secondary N) is 1. The first-order chi connectivity index (χ1) is 14.8. The van der Waals surface area contributed by atoms with E-state index < -0.39 is 17.8 Å². The average molecular weight is 454 g/mol. The summed E-state index contributed by atoms with van der Waals surface area (Å²) in [5, 5.41) is 3.32. The van der Waals surface area contributed by atoms with Crippen molar-refractivity contribution in [1.29, 1.82) is 0 Å². The SMILES string of the molecule is Cc1cc(C=C2C(=O)NC(=O)N(c3ccc(Cl)cc3)C2=O)c(C)n1-c1ccc(Cl)cc1. The van der Waals surface area contributed by atoms with Crippen molar-refractivity contribution in [2.75, 3.05) is 4.90 Å². The number of nitrogens with zero attached hydrogens (tertiary/aromatic N) is 2. The smallest absolute Gasteiger partial charge is 0.318 e. The molecular weight excluding hydrogens is 437 g/mol. The fourth-order valence-electron chi connectivity index (χ4n) is 3.56. The summed E-state index contributed by atoms with van der Waals surface area (Å²) in [6, 6.07) is 14.6. The number of urea groups is 1. The van der Waals surface area contributed by atoms with Crippen LogP contribution in [0.25, 0.3) is 11.8 Å². The number of anilines is 1. The number of carbonyl (C=O) groups excluding carboxylic acids is 3. The predicted octanol–water partition coefficient (Wildman–Crippen LogP) is 5.07. The molecule has 156 valence electrons. The highest BCUT2D eigenvalue weighted by Crippen LogP contribution is 2.27. The molecule has 1 aliphatic heterocycles. The van der Waals surface area contributed by atoms with Crippen LogP contribution >= 0.6 is 23.2 Å². The molecule has 0 bridgehead atoms. The van der Waals surface area contributed by atoms with Gasteiger partial charge in [0.15, 0.2) is 0 Å². The molecule has 31 heavy (non-hydrogen) atoms. The van der Waals surface area contributed by atoms with Gasteiger partial charge in [0.2, 0.25) is 0 Å². The van der Waals surface area contributed by atoms with Crippen molar-refractivity contribution in [3.8, 4) is 5.69 Å². The van der Waals surface area contributed by atoms with Crippen molar-refractivity contribution in [3.05, 3.63) is 87.2 Å². The van der Waals surface area contributed by atoms with Crippen LogP contribution in [-0.2, 0) is 9.59 Å². The molecule has 0 unspecified atom stereocenters. The van der Waals surface area contributed by atoms with Crippen molar-refractivity contribution in [2.24, 2.45) is 0 Å². The fraction of sp³-hybridized carbons (Fsp3) is 0.0870. The molecule has 0 atom stereocenters. The minimum atomic E-state index is -0.805. The van der Waals surface area contributed by atoms with Gasteiger partial charge in [-0.05, 0) is 80.1 Å². The third kappa shape index (κ3) is 3.87. The van der Waals surface area contributed by atoms with Crippen molar-refractivity contribution in [1.82, 2.24) is 9.88 Å². The maximum Gasteiger partial charge on any atom is 0.335 e. The lowest BCUT2D eigenvalue weighted by Crippen LogP contribution is -2.54. The molecule has 2 aromatic carbocycles. The van der Waals surface area contributed by atoms with Gasteiger partial charge in [-0.1, -0.05) is 23.2 Å². The topological polar surface area (TPSA) is 71.4 Å². The molecule has 0 aliphatic carbocycles. The van der Waals surface area contributed by atoms with Gasteiger partial charge in [-0.2, -0.15) is 0 Å². The zero-order chi connectivity index (χ0) is 22.3. The Labute approximate surface area is 188 Å². The maximum atomic E-state index is 13.1. The van der Waals surface area contributed by atoms with E-state index in [4.69, 9.17) is 23.2 Å². The number of rotatable bonds is 3. The number of hydrogen-bond acceptors (Lipinski definition) is 3. The molecule has 4 rings (SSSR count). The summed E-state index contributed by atoms with van der Waals surface area (Å²) < 4.78 is 2.00. The lowest BCUT2D eigenvalue weighted by molar-refractivity contribution is -0.122. The molecular formula is C23H17Cl2N3O3. The number of carbonyl (C=O) groups is 3. The van der Waals surface area contributed by atoms with Crippen LogP contribution in [-0.4, -0.2) is 22.4 Å². The lowest BCUT2D eigenvalue weighted by Gasteiger charge is -2.26. The maximum absolute atomic E-state index is 13.1. The highest BCUT2D eigenvalue weighted by atomic mass is 35.5. The molecule has 6 nitrogen and oxygen atoms in total. The van der Waals surface area contributed by atoms with E-state index in [1.807, 2.05) is 36.6 Å². The molecule has 1 saturated heterocycles. The van der Waals surface area contributed by atoms with E-state index >= 15 is 0 Å².